The molecule has 0 fully saturated rings. The van der Waals surface area contributed by atoms with Crippen LogP contribution in [0.1, 0.15) is 55.5 Å². The van der Waals surface area contributed by atoms with E-state index in [9.17, 15) is 4.79 Å². The van der Waals surface area contributed by atoms with Crippen molar-refractivity contribution in [3.05, 3.63) is 34.9 Å². The molecular formula is C17H26N2O2. The van der Waals surface area contributed by atoms with Crippen molar-refractivity contribution in [2.24, 2.45) is 11.7 Å². The molecule has 1 aromatic rings. The number of hydrogen-bond donors (Lipinski definition) is 2. The summed E-state index contributed by atoms with van der Waals surface area (Å²) in [5.74, 6) is 0.335. The van der Waals surface area contributed by atoms with E-state index in [-0.39, 0.29) is 24.6 Å². The molecule has 4 heteroatoms. The topological polar surface area (TPSA) is 64.3 Å². The van der Waals surface area contributed by atoms with Crippen LogP contribution in [0.4, 0.5) is 0 Å². The first-order valence-electron chi connectivity index (χ1n) is 7.69. The van der Waals surface area contributed by atoms with Gasteiger partial charge in [-0.2, -0.15) is 0 Å². The molecule has 0 heterocycles. The number of nitrogens with two attached hydrogens (primary N) is 1. The van der Waals surface area contributed by atoms with E-state index in [1.54, 1.807) is 0 Å². The average Bonchev–Trinajstić information content (AvgIpc) is 2.46. The Bertz CT molecular complexity index is 500. The van der Waals surface area contributed by atoms with Crippen molar-refractivity contribution in [2.45, 2.75) is 45.2 Å². The second kappa shape index (κ2) is 7.05. The molecule has 1 aromatic carbocycles. The van der Waals surface area contributed by atoms with Crippen LogP contribution in [0, 0.1) is 5.92 Å². The van der Waals surface area contributed by atoms with E-state index < -0.39 is 0 Å². The van der Waals surface area contributed by atoms with Crippen molar-refractivity contribution in [3.8, 4) is 0 Å². The molecule has 1 aliphatic rings. The Balaban J connectivity index is 2.23. The number of aryl methyl sites for hydroxylation is 1. The van der Waals surface area contributed by atoms with Gasteiger partial charge < -0.3 is 15.8 Å². The van der Waals surface area contributed by atoms with Crippen molar-refractivity contribution in [1.82, 2.24) is 5.32 Å². The number of benzene rings is 1. The lowest BCUT2D eigenvalue weighted by Gasteiger charge is -2.28. The zero-order valence-corrected chi connectivity index (χ0v) is 13.2. The molecule has 2 atom stereocenters. The summed E-state index contributed by atoms with van der Waals surface area (Å²) in [6, 6.07) is 6.59. The number of hydrogen-bond acceptors (Lipinski definition) is 3. The van der Waals surface area contributed by atoms with Crippen LogP contribution in [0.25, 0.3) is 0 Å². The maximum atomic E-state index is 11.8. The zero-order chi connectivity index (χ0) is 15.4. The van der Waals surface area contributed by atoms with E-state index in [1.165, 1.54) is 18.2 Å². The minimum atomic E-state index is -0.0612. The summed E-state index contributed by atoms with van der Waals surface area (Å²) in [6.45, 7) is 4.36. The van der Waals surface area contributed by atoms with Gasteiger partial charge in [0.25, 0.3) is 0 Å². The zero-order valence-electron chi connectivity index (χ0n) is 13.2. The standard InChI is InChI=1S/C17H26N2O2/c1-11(2)17(18)13-8-7-12-5-4-6-15(14(12)9-13)19-16(20)10-21-3/h7-9,11,15,17H,4-6,10,18H2,1-3H3,(H,19,20). The van der Waals surface area contributed by atoms with Gasteiger partial charge in [0.2, 0.25) is 5.91 Å². The summed E-state index contributed by atoms with van der Waals surface area (Å²) >= 11 is 0. The van der Waals surface area contributed by atoms with E-state index in [0.717, 1.165) is 24.8 Å². The average molecular weight is 290 g/mol. The molecule has 2 unspecified atom stereocenters. The molecule has 1 amide bonds. The number of carbonyl (C=O) groups is 1. The van der Waals surface area contributed by atoms with Crippen molar-refractivity contribution >= 4 is 5.91 Å². The maximum absolute atomic E-state index is 11.8. The largest absolute Gasteiger partial charge is 0.375 e. The van der Waals surface area contributed by atoms with Gasteiger partial charge in [0.15, 0.2) is 0 Å². The second-order valence-electron chi connectivity index (χ2n) is 6.17. The number of nitrogens with one attached hydrogen (secondary N) is 1. The highest BCUT2D eigenvalue weighted by molar-refractivity contribution is 5.77. The van der Waals surface area contributed by atoms with Crippen LogP contribution in [0.3, 0.4) is 0 Å². The van der Waals surface area contributed by atoms with Crippen LogP contribution in [0.15, 0.2) is 18.2 Å². The minimum absolute atomic E-state index is 0.0348. The highest BCUT2D eigenvalue weighted by Gasteiger charge is 2.23. The first-order chi connectivity index (χ1) is 10.0. The molecule has 3 N–H and O–H groups in total. The van der Waals surface area contributed by atoms with Gasteiger partial charge in [-0.05, 0) is 41.9 Å². The first-order valence-corrected chi connectivity index (χ1v) is 7.69. The Kier molecular flexibility index (Phi) is 5.37. The lowest BCUT2D eigenvalue weighted by atomic mass is 9.84. The predicted octanol–water partition coefficient (Wildman–Crippen LogP) is 2.48. The number of methoxy groups -OCH3 is 1. The van der Waals surface area contributed by atoms with E-state index in [0.29, 0.717) is 5.92 Å². The Labute approximate surface area is 127 Å². The Morgan fingerprint density at radius 2 is 2.24 bits per heavy atom. The smallest absolute Gasteiger partial charge is 0.246 e. The number of rotatable bonds is 5. The first kappa shape index (κ1) is 16.0. The second-order valence-corrected chi connectivity index (χ2v) is 6.17. The van der Waals surface area contributed by atoms with Gasteiger partial charge in [0, 0.05) is 13.2 Å². The summed E-state index contributed by atoms with van der Waals surface area (Å²) in [5.41, 5.74) is 9.95. The van der Waals surface area contributed by atoms with Gasteiger partial charge in [-0.25, -0.2) is 0 Å². The van der Waals surface area contributed by atoms with Crippen molar-refractivity contribution < 1.29 is 9.53 Å². The lowest BCUT2D eigenvalue weighted by Crippen LogP contribution is -2.33. The molecule has 21 heavy (non-hydrogen) atoms. The molecular weight excluding hydrogens is 264 g/mol. The molecule has 4 nitrogen and oxygen atoms in total. The molecule has 0 saturated heterocycles. The van der Waals surface area contributed by atoms with Crippen LogP contribution < -0.4 is 11.1 Å². The van der Waals surface area contributed by atoms with Gasteiger partial charge >= 0.3 is 0 Å². The van der Waals surface area contributed by atoms with E-state index in [4.69, 9.17) is 10.5 Å². The molecule has 0 radical (unpaired) electrons. The summed E-state index contributed by atoms with van der Waals surface area (Å²) in [6.07, 6.45) is 3.15. The third-order valence-corrected chi connectivity index (χ3v) is 4.20. The van der Waals surface area contributed by atoms with E-state index >= 15 is 0 Å². The van der Waals surface area contributed by atoms with Gasteiger partial charge in [0.05, 0.1) is 6.04 Å². The minimum Gasteiger partial charge on any atom is -0.375 e. The van der Waals surface area contributed by atoms with Crippen LogP contribution in [-0.2, 0) is 16.0 Å². The fourth-order valence-electron chi connectivity index (χ4n) is 2.93. The van der Waals surface area contributed by atoms with Crippen molar-refractivity contribution in [2.75, 3.05) is 13.7 Å². The molecule has 0 saturated carbocycles. The molecule has 116 valence electrons. The number of fused-ring (bicyclic) bond motifs is 1. The fourth-order valence-corrected chi connectivity index (χ4v) is 2.93. The Morgan fingerprint density at radius 1 is 1.48 bits per heavy atom. The molecule has 0 spiro atoms. The molecule has 1 aliphatic carbocycles. The number of ether oxygens (including phenoxy) is 1. The summed E-state index contributed by atoms with van der Waals surface area (Å²) in [7, 11) is 1.54. The predicted molar refractivity (Wildman–Crippen MR) is 83.9 cm³/mol. The van der Waals surface area contributed by atoms with Crippen LogP contribution in [0.5, 0.6) is 0 Å². The molecule has 0 bridgehead atoms. The van der Waals surface area contributed by atoms with Gasteiger partial charge in [-0.1, -0.05) is 32.0 Å². The third kappa shape index (κ3) is 3.83. The summed E-state index contributed by atoms with van der Waals surface area (Å²) < 4.78 is 4.89. The highest BCUT2D eigenvalue weighted by Crippen LogP contribution is 2.32. The summed E-state index contributed by atoms with van der Waals surface area (Å²) in [4.78, 5) is 11.8. The quantitative estimate of drug-likeness (QED) is 0.875. The fraction of sp³-hybridized carbons (Fsp3) is 0.588. The van der Waals surface area contributed by atoms with Crippen LogP contribution in [0.2, 0.25) is 0 Å². The Hall–Kier alpha value is -1.39. The van der Waals surface area contributed by atoms with Crippen molar-refractivity contribution in [1.29, 1.82) is 0 Å². The van der Waals surface area contributed by atoms with Gasteiger partial charge in [-0.3, -0.25) is 4.79 Å². The molecule has 0 aromatic heterocycles. The van der Waals surface area contributed by atoms with E-state index in [2.05, 4.69) is 37.4 Å². The normalized spacial score (nSPS) is 19.2. The van der Waals surface area contributed by atoms with Crippen LogP contribution >= 0.6 is 0 Å². The summed E-state index contributed by atoms with van der Waals surface area (Å²) in [5, 5.41) is 3.07. The monoisotopic (exact) mass is 290 g/mol. The van der Waals surface area contributed by atoms with Gasteiger partial charge in [-0.15, -0.1) is 0 Å². The molecule has 2 rings (SSSR count). The van der Waals surface area contributed by atoms with Gasteiger partial charge in [0.1, 0.15) is 6.61 Å². The van der Waals surface area contributed by atoms with E-state index in [1.807, 2.05) is 0 Å². The SMILES string of the molecule is COCC(=O)NC1CCCc2ccc(C(N)C(C)C)cc21. The maximum Gasteiger partial charge on any atom is 0.246 e. The lowest BCUT2D eigenvalue weighted by molar-refractivity contribution is -0.125. The number of carbonyl (C=O) groups excluding carboxylic acids is 1. The third-order valence-electron chi connectivity index (χ3n) is 4.20. The highest BCUT2D eigenvalue weighted by atomic mass is 16.5. The number of amides is 1. The Morgan fingerprint density at radius 3 is 2.90 bits per heavy atom. The van der Waals surface area contributed by atoms with Crippen LogP contribution in [-0.4, -0.2) is 19.6 Å². The van der Waals surface area contributed by atoms with Crippen molar-refractivity contribution in [3.63, 3.8) is 0 Å². The molecule has 0 aliphatic heterocycles.